The van der Waals surface area contributed by atoms with E-state index in [0.717, 1.165) is 47.3 Å². The summed E-state index contributed by atoms with van der Waals surface area (Å²) < 4.78 is 5.83. The number of rotatable bonds is 8. The molecule has 0 saturated carbocycles. The van der Waals surface area contributed by atoms with E-state index in [4.69, 9.17) is 4.74 Å². The van der Waals surface area contributed by atoms with Gasteiger partial charge >= 0.3 is 0 Å². The zero-order valence-electron chi connectivity index (χ0n) is 16.1. The molecule has 3 aromatic rings. The number of ketones is 1. The van der Waals surface area contributed by atoms with Crippen LogP contribution in [0.15, 0.2) is 72.8 Å². The van der Waals surface area contributed by atoms with Crippen LogP contribution in [0.25, 0.3) is 11.1 Å². The molecule has 0 spiro atoms. The first-order valence-electron chi connectivity index (χ1n) is 9.68. The zero-order chi connectivity index (χ0) is 19.1. The Hall–Kier alpha value is -2.87. The maximum absolute atomic E-state index is 12.9. The Morgan fingerprint density at radius 2 is 1.44 bits per heavy atom. The largest absolute Gasteiger partial charge is 0.493 e. The van der Waals surface area contributed by atoms with Crippen molar-refractivity contribution in [3.63, 3.8) is 0 Å². The number of benzene rings is 3. The van der Waals surface area contributed by atoms with Crippen molar-refractivity contribution in [2.24, 2.45) is 0 Å². The lowest BCUT2D eigenvalue weighted by Crippen LogP contribution is -2.04. The third-order valence-electron chi connectivity index (χ3n) is 4.56. The number of carbonyl (C=O) groups excluding carboxylic acids is 1. The molecular weight excluding hydrogens is 332 g/mol. The fraction of sp³-hybridized carbons (Fsp3) is 0.240. The van der Waals surface area contributed by atoms with Crippen molar-refractivity contribution in [3.8, 4) is 16.9 Å². The Bertz CT molecular complexity index is 880. The lowest BCUT2D eigenvalue weighted by Gasteiger charge is -2.12. The van der Waals surface area contributed by atoms with Gasteiger partial charge in [0.25, 0.3) is 0 Å². The molecule has 0 aliphatic heterocycles. The van der Waals surface area contributed by atoms with Gasteiger partial charge in [-0.2, -0.15) is 0 Å². The molecule has 3 rings (SSSR count). The second-order valence-corrected chi connectivity index (χ2v) is 6.69. The minimum absolute atomic E-state index is 0.0500. The van der Waals surface area contributed by atoms with Gasteiger partial charge in [0.05, 0.1) is 6.61 Å². The molecule has 0 N–H and O–H groups in total. The van der Waals surface area contributed by atoms with E-state index in [0.29, 0.717) is 12.2 Å². The van der Waals surface area contributed by atoms with Gasteiger partial charge in [-0.3, -0.25) is 4.79 Å². The molecule has 0 saturated heterocycles. The van der Waals surface area contributed by atoms with Gasteiger partial charge in [0, 0.05) is 11.1 Å². The van der Waals surface area contributed by atoms with Gasteiger partial charge in [0.1, 0.15) is 5.75 Å². The number of hydrogen-bond acceptors (Lipinski definition) is 2. The zero-order valence-corrected chi connectivity index (χ0v) is 16.1. The Morgan fingerprint density at radius 3 is 2.11 bits per heavy atom. The Balaban J connectivity index is 1.83. The molecule has 0 amide bonds. The highest BCUT2D eigenvalue weighted by atomic mass is 16.5. The van der Waals surface area contributed by atoms with Crippen molar-refractivity contribution in [1.82, 2.24) is 0 Å². The molecular formula is C25H26O2. The smallest absolute Gasteiger partial charge is 0.193 e. The van der Waals surface area contributed by atoms with Crippen LogP contribution in [0.3, 0.4) is 0 Å². The molecule has 0 unspecified atom stereocenters. The topological polar surface area (TPSA) is 26.3 Å². The first-order chi connectivity index (χ1) is 13.2. The average molecular weight is 358 g/mol. The molecule has 0 atom stereocenters. The molecule has 2 nitrogen and oxygen atoms in total. The fourth-order valence-corrected chi connectivity index (χ4v) is 3.15. The minimum Gasteiger partial charge on any atom is -0.493 e. The number of ether oxygens (including phenoxy) is 1. The Labute approximate surface area is 161 Å². The highest BCUT2D eigenvalue weighted by Crippen LogP contribution is 2.25. The van der Waals surface area contributed by atoms with Crippen LogP contribution >= 0.6 is 0 Å². The molecule has 138 valence electrons. The summed E-state index contributed by atoms with van der Waals surface area (Å²) in [5.74, 6) is 0.948. The lowest BCUT2D eigenvalue weighted by atomic mass is 9.97. The second kappa shape index (κ2) is 9.18. The summed E-state index contributed by atoms with van der Waals surface area (Å²) in [5.41, 5.74) is 4.80. The van der Waals surface area contributed by atoms with E-state index >= 15 is 0 Å². The van der Waals surface area contributed by atoms with Crippen LogP contribution in [-0.2, 0) is 6.42 Å². The second-order valence-electron chi connectivity index (χ2n) is 6.69. The quantitative estimate of drug-likeness (QED) is 0.440. The molecule has 0 heterocycles. The summed E-state index contributed by atoms with van der Waals surface area (Å²) in [5, 5.41) is 0. The Morgan fingerprint density at radius 1 is 0.778 bits per heavy atom. The molecule has 3 aromatic carbocycles. The standard InChI is InChI=1S/C25H26O2/c1-3-8-22-18-23(15-16-24(22)27-17-4-2)25(26)21-13-11-20(12-14-21)19-9-6-5-7-10-19/h5-7,9-16,18H,3-4,8,17H2,1-2H3. The molecule has 0 aliphatic carbocycles. The van der Waals surface area contributed by atoms with Gasteiger partial charge in [-0.1, -0.05) is 74.9 Å². The number of carbonyl (C=O) groups is 1. The lowest BCUT2D eigenvalue weighted by molar-refractivity contribution is 0.103. The number of aryl methyl sites for hydroxylation is 1. The van der Waals surface area contributed by atoms with Crippen molar-refractivity contribution >= 4 is 5.78 Å². The van der Waals surface area contributed by atoms with E-state index in [9.17, 15) is 4.79 Å². The molecule has 0 fully saturated rings. The summed E-state index contributed by atoms with van der Waals surface area (Å²) in [4.78, 5) is 12.9. The van der Waals surface area contributed by atoms with Crippen molar-refractivity contribution in [1.29, 1.82) is 0 Å². The summed E-state index contributed by atoms with van der Waals surface area (Å²) >= 11 is 0. The van der Waals surface area contributed by atoms with Gasteiger partial charge < -0.3 is 4.74 Å². The van der Waals surface area contributed by atoms with Gasteiger partial charge in [0.2, 0.25) is 0 Å². The van der Waals surface area contributed by atoms with E-state index in [2.05, 4.69) is 26.0 Å². The highest BCUT2D eigenvalue weighted by molar-refractivity contribution is 6.09. The molecule has 27 heavy (non-hydrogen) atoms. The van der Waals surface area contributed by atoms with Gasteiger partial charge in [-0.15, -0.1) is 0 Å². The van der Waals surface area contributed by atoms with Gasteiger partial charge in [-0.05, 0) is 47.7 Å². The first-order valence-corrected chi connectivity index (χ1v) is 9.68. The average Bonchev–Trinajstić information content (AvgIpc) is 2.73. The molecule has 0 aromatic heterocycles. The predicted octanol–water partition coefficient (Wildman–Crippen LogP) is 6.33. The summed E-state index contributed by atoms with van der Waals surface area (Å²) in [6.45, 7) is 4.93. The van der Waals surface area contributed by atoms with E-state index < -0.39 is 0 Å². The monoisotopic (exact) mass is 358 g/mol. The van der Waals surface area contributed by atoms with Crippen LogP contribution in [0.4, 0.5) is 0 Å². The van der Waals surface area contributed by atoms with Gasteiger partial charge in [0.15, 0.2) is 5.78 Å². The fourth-order valence-electron chi connectivity index (χ4n) is 3.15. The maximum atomic E-state index is 12.9. The van der Waals surface area contributed by atoms with Crippen molar-refractivity contribution < 1.29 is 9.53 Å². The molecule has 0 bridgehead atoms. The van der Waals surface area contributed by atoms with Crippen LogP contribution in [0, 0.1) is 0 Å². The molecule has 0 radical (unpaired) electrons. The predicted molar refractivity (Wildman–Crippen MR) is 112 cm³/mol. The van der Waals surface area contributed by atoms with Crippen molar-refractivity contribution in [2.75, 3.05) is 6.61 Å². The van der Waals surface area contributed by atoms with E-state index in [1.165, 1.54) is 0 Å². The highest BCUT2D eigenvalue weighted by Gasteiger charge is 2.13. The van der Waals surface area contributed by atoms with Crippen LogP contribution in [0.1, 0.15) is 48.2 Å². The van der Waals surface area contributed by atoms with E-state index in [-0.39, 0.29) is 5.78 Å². The van der Waals surface area contributed by atoms with Crippen LogP contribution in [0.5, 0.6) is 5.75 Å². The summed E-state index contributed by atoms with van der Waals surface area (Å²) in [6.07, 6.45) is 2.90. The summed E-state index contributed by atoms with van der Waals surface area (Å²) in [6, 6.07) is 23.8. The van der Waals surface area contributed by atoms with Gasteiger partial charge in [-0.25, -0.2) is 0 Å². The SMILES string of the molecule is CCCOc1ccc(C(=O)c2ccc(-c3ccccc3)cc2)cc1CCC. The van der Waals surface area contributed by atoms with Crippen LogP contribution < -0.4 is 4.74 Å². The number of hydrogen-bond donors (Lipinski definition) is 0. The minimum atomic E-state index is 0.0500. The normalized spacial score (nSPS) is 10.6. The van der Waals surface area contributed by atoms with Crippen molar-refractivity contribution in [2.45, 2.75) is 33.1 Å². The van der Waals surface area contributed by atoms with Crippen LogP contribution in [0.2, 0.25) is 0 Å². The Kier molecular flexibility index (Phi) is 6.43. The molecule has 2 heteroatoms. The maximum Gasteiger partial charge on any atom is 0.193 e. The first kappa shape index (κ1) is 18.9. The third kappa shape index (κ3) is 4.65. The van der Waals surface area contributed by atoms with E-state index in [1.54, 1.807) is 0 Å². The summed E-state index contributed by atoms with van der Waals surface area (Å²) in [7, 11) is 0. The molecule has 0 aliphatic rings. The van der Waals surface area contributed by atoms with Crippen LogP contribution in [-0.4, -0.2) is 12.4 Å². The van der Waals surface area contributed by atoms with E-state index in [1.807, 2.05) is 60.7 Å². The third-order valence-corrected chi connectivity index (χ3v) is 4.56. The van der Waals surface area contributed by atoms with Crippen molar-refractivity contribution in [3.05, 3.63) is 89.5 Å².